The maximum Gasteiger partial charge on any atom is 0.319 e. The Balaban J connectivity index is 1.53. The summed E-state index contributed by atoms with van der Waals surface area (Å²) in [7, 11) is 1.60. The monoisotopic (exact) mass is 339 g/mol. The zero-order chi connectivity index (χ0) is 17.6. The molecule has 0 unspecified atom stereocenters. The van der Waals surface area contributed by atoms with E-state index in [1.807, 2.05) is 30.3 Å². The lowest BCUT2D eigenvalue weighted by atomic mass is 10.1. The molecule has 0 amide bonds. The summed E-state index contributed by atoms with van der Waals surface area (Å²) in [6.45, 7) is 0.428. The van der Waals surface area contributed by atoms with Gasteiger partial charge in [-0.05, 0) is 36.4 Å². The molecule has 128 valence electrons. The summed E-state index contributed by atoms with van der Waals surface area (Å²) < 4.78 is 21.7. The van der Waals surface area contributed by atoms with E-state index in [9.17, 15) is 4.79 Å². The minimum Gasteiger partial charge on any atom is -0.497 e. The lowest BCUT2D eigenvalue weighted by Crippen LogP contribution is -2.35. The van der Waals surface area contributed by atoms with Crippen LogP contribution in [-0.2, 0) is 14.3 Å². The summed E-state index contributed by atoms with van der Waals surface area (Å²) in [6, 6.07) is 15.7. The van der Waals surface area contributed by atoms with E-state index in [-0.39, 0.29) is 13.2 Å². The Morgan fingerprint density at radius 1 is 1.04 bits per heavy atom. The third kappa shape index (κ3) is 4.15. The number of esters is 1. The van der Waals surface area contributed by atoms with E-state index in [4.69, 9.17) is 24.2 Å². The maximum absolute atomic E-state index is 12.2. The van der Waals surface area contributed by atoms with Gasteiger partial charge in [-0.25, -0.2) is 0 Å². The van der Waals surface area contributed by atoms with Gasteiger partial charge in [0.05, 0.1) is 32.0 Å². The van der Waals surface area contributed by atoms with E-state index in [1.165, 1.54) is 0 Å². The molecule has 0 radical (unpaired) electrons. The van der Waals surface area contributed by atoms with Gasteiger partial charge in [-0.1, -0.05) is 12.1 Å². The normalized spacial score (nSPS) is 19.7. The van der Waals surface area contributed by atoms with E-state index >= 15 is 0 Å². The van der Waals surface area contributed by atoms with E-state index in [0.717, 1.165) is 11.3 Å². The molecule has 6 heteroatoms. The van der Waals surface area contributed by atoms with Gasteiger partial charge in [0, 0.05) is 5.56 Å². The van der Waals surface area contributed by atoms with Crippen LogP contribution in [0.4, 0.5) is 0 Å². The summed E-state index contributed by atoms with van der Waals surface area (Å²) in [4.78, 5) is 12.2. The van der Waals surface area contributed by atoms with Gasteiger partial charge in [0.25, 0.3) is 0 Å². The lowest BCUT2D eigenvalue weighted by molar-refractivity contribution is -0.210. The summed E-state index contributed by atoms with van der Waals surface area (Å²) >= 11 is 0. The molecule has 1 saturated heterocycles. The van der Waals surface area contributed by atoms with Gasteiger partial charge in [0.1, 0.15) is 17.4 Å². The lowest BCUT2D eigenvalue weighted by Gasteiger charge is -2.28. The van der Waals surface area contributed by atoms with Crippen LogP contribution >= 0.6 is 0 Å². The Kier molecular flexibility index (Phi) is 5.29. The van der Waals surface area contributed by atoms with Crippen LogP contribution in [0.3, 0.4) is 0 Å². The molecule has 2 aromatic carbocycles. The molecule has 0 aliphatic carbocycles. The van der Waals surface area contributed by atoms with Crippen molar-refractivity contribution in [2.75, 3.05) is 20.3 Å². The Hall–Kier alpha value is -2.88. The molecule has 0 atom stereocenters. The van der Waals surface area contributed by atoms with E-state index in [1.54, 1.807) is 31.4 Å². The molecule has 0 aromatic heterocycles. The second-order valence-electron chi connectivity index (χ2n) is 5.53. The molecule has 0 bridgehead atoms. The largest absolute Gasteiger partial charge is 0.497 e. The third-order valence-corrected chi connectivity index (χ3v) is 3.82. The van der Waals surface area contributed by atoms with Crippen LogP contribution in [-0.4, -0.2) is 26.3 Å². The van der Waals surface area contributed by atoms with Crippen molar-refractivity contribution in [1.82, 2.24) is 0 Å². The van der Waals surface area contributed by atoms with Crippen LogP contribution < -0.4 is 9.47 Å². The molecule has 0 spiro atoms. The van der Waals surface area contributed by atoms with Crippen molar-refractivity contribution in [3.05, 3.63) is 59.7 Å². The van der Waals surface area contributed by atoms with Crippen LogP contribution in [0.5, 0.6) is 11.5 Å². The van der Waals surface area contributed by atoms with Crippen LogP contribution in [0, 0.1) is 17.2 Å². The molecule has 25 heavy (non-hydrogen) atoms. The standard InChI is InChI=1S/C19H17NO5/c1-22-16-8-4-14(5-9-16)19-23-11-15(12-24-19)18(21)25-17-6-2-13(10-20)3-7-17/h2-9,15,19H,11-12H2,1H3/t15-,19-. The zero-order valence-corrected chi connectivity index (χ0v) is 13.7. The molecule has 1 aliphatic rings. The SMILES string of the molecule is COc1ccc([C@H]2OC[C@H](C(=O)Oc3ccc(C#N)cc3)CO2)cc1. The number of benzene rings is 2. The highest BCUT2D eigenvalue weighted by Gasteiger charge is 2.30. The van der Waals surface area contributed by atoms with E-state index in [0.29, 0.717) is 11.3 Å². The number of nitriles is 1. The van der Waals surface area contributed by atoms with Crippen LogP contribution in [0.15, 0.2) is 48.5 Å². The summed E-state index contributed by atoms with van der Waals surface area (Å²) in [5.74, 6) is 0.229. The van der Waals surface area contributed by atoms with Crippen LogP contribution in [0.2, 0.25) is 0 Å². The van der Waals surface area contributed by atoms with Gasteiger partial charge in [0.15, 0.2) is 6.29 Å². The van der Waals surface area contributed by atoms with Gasteiger partial charge in [-0.2, -0.15) is 5.26 Å². The average Bonchev–Trinajstić information content (AvgIpc) is 2.69. The molecule has 2 aromatic rings. The van der Waals surface area contributed by atoms with Crippen molar-refractivity contribution in [3.63, 3.8) is 0 Å². The minimum absolute atomic E-state index is 0.214. The molecule has 1 fully saturated rings. The first-order valence-corrected chi connectivity index (χ1v) is 7.78. The molecular formula is C19H17NO5. The molecule has 1 aliphatic heterocycles. The van der Waals surface area contributed by atoms with Crippen LogP contribution in [0.1, 0.15) is 17.4 Å². The third-order valence-electron chi connectivity index (χ3n) is 3.82. The van der Waals surface area contributed by atoms with E-state index < -0.39 is 18.2 Å². The fraction of sp³-hybridized carbons (Fsp3) is 0.263. The first-order valence-electron chi connectivity index (χ1n) is 7.78. The van der Waals surface area contributed by atoms with Gasteiger partial charge in [-0.3, -0.25) is 4.79 Å². The number of hydrogen-bond donors (Lipinski definition) is 0. The molecular weight excluding hydrogens is 322 g/mol. The Labute approximate surface area is 145 Å². The summed E-state index contributed by atoms with van der Waals surface area (Å²) in [5.41, 5.74) is 1.37. The number of carbonyl (C=O) groups excluding carboxylic acids is 1. The smallest absolute Gasteiger partial charge is 0.319 e. The number of rotatable bonds is 4. The van der Waals surface area contributed by atoms with Gasteiger partial charge >= 0.3 is 5.97 Å². The predicted molar refractivity (Wildman–Crippen MR) is 87.9 cm³/mol. The molecule has 3 rings (SSSR count). The second kappa shape index (κ2) is 7.79. The molecule has 1 heterocycles. The number of carbonyl (C=O) groups is 1. The van der Waals surface area contributed by atoms with Crippen molar-refractivity contribution in [2.45, 2.75) is 6.29 Å². The number of methoxy groups -OCH3 is 1. The fourth-order valence-electron chi connectivity index (χ4n) is 2.39. The Morgan fingerprint density at radius 2 is 1.64 bits per heavy atom. The van der Waals surface area contributed by atoms with Crippen molar-refractivity contribution in [2.24, 2.45) is 5.92 Å². The second-order valence-corrected chi connectivity index (χ2v) is 5.53. The average molecular weight is 339 g/mol. The fourth-order valence-corrected chi connectivity index (χ4v) is 2.39. The molecule has 6 nitrogen and oxygen atoms in total. The van der Waals surface area contributed by atoms with Gasteiger partial charge < -0.3 is 18.9 Å². The Bertz CT molecular complexity index is 756. The number of nitrogens with zero attached hydrogens (tertiary/aromatic N) is 1. The molecule has 0 saturated carbocycles. The van der Waals surface area contributed by atoms with Crippen molar-refractivity contribution < 1.29 is 23.7 Å². The highest BCUT2D eigenvalue weighted by atomic mass is 16.7. The first-order chi connectivity index (χ1) is 12.2. The first kappa shape index (κ1) is 17.0. The minimum atomic E-state index is -0.509. The maximum atomic E-state index is 12.2. The summed E-state index contributed by atoms with van der Waals surface area (Å²) in [5, 5.41) is 8.76. The van der Waals surface area contributed by atoms with Gasteiger partial charge in [-0.15, -0.1) is 0 Å². The zero-order valence-electron chi connectivity index (χ0n) is 13.7. The Morgan fingerprint density at radius 3 is 2.20 bits per heavy atom. The quantitative estimate of drug-likeness (QED) is 0.630. The van der Waals surface area contributed by atoms with E-state index in [2.05, 4.69) is 0 Å². The van der Waals surface area contributed by atoms with Crippen molar-refractivity contribution >= 4 is 5.97 Å². The van der Waals surface area contributed by atoms with Crippen LogP contribution in [0.25, 0.3) is 0 Å². The molecule has 0 N–H and O–H groups in total. The van der Waals surface area contributed by atoms with Crippen molar-refractivity contribution in [1.29, 1.82) is 5.26 Å². The highest BCUT2D eigenvalue weighted by molar-refractivity contribution is 5.75. The highest BCUT2D eigenvalue weighted by Crippen LogP contribution is 2.27. The predicted octanol–water partition coefficient (Wildman–Crippen LogP) is 2.83. The number of hydrogen-bond acceptors (Lipinski definition) is 6. The number of ether oxygens (including phenoxy) is 4. The summed E-state index contributed by atoms with van der Waals surface area (Å²) in [6.07, 6.45) is -0.509. The van der Waals surface area contributed by atoms with Gasteiger partial charge in [0.2, 0.25) is 0 Å². The van der Waals surface area contributed by atoms with Crippen molar-refractivity contribution in [3.8, 4) is 17.6 Å². The topological polar surface area (TPSA) is 77.8 Å².